The lowest BCUT2D eigenvalue weighted by molar-refractivity contribution is 0.0939. The fourth-order valence-electron chi connectivity index (χ4n) is 2.94. The van der Waals surface area contributed by atoms with Gasteiger partial charge in [-0.2, -0.15) is 0 Å². The van der Waals surface area contributed by atoms with Crippen molar-refractivity contribution in [2.75, 3.05) is 11.4 Å². The van der Waals surface area contributed by atoms with Crippen molar-refractivity contribution < 1.29 is 4.79 Å². The first-order valence-electron chi connectivity index (χ1n) is 7.66. The van der Waals surface area contributed by atoms with Gasteiger partial charge in [0.05, 0.1) is 0 Å². The molecule has 1 aliphatic heterocycles. The standard InChI is InChI=1S/C19H21NO/c1-14(2)19(21)16-9-11-17(12-10-16)20-13-5-7-15-6-3-4-8-18(15)20/h3-4,6,8-12,14H,5,7,13H2,1-2H3. The molecule has 21 heavy (non-hydrogen) atoms. The van der Waals surface area contributed by atoms with E-state index in [0.29, 0.717) is 0 Å². The number of nitrogens with zero attached hydrogens (tertiary/aromatic N) is 1. The molecule has 1 heterocycles. The molecule has 2 heteroatoms. The molecule has 0 radical (unpaired) electrons. The summed E-state index contributed by atoms with van der Waals surface area (Å²) in [6.45, 7) is 4.92. The van der Waals surface area contributed by atoms with Crippen molar-refractivity contribution >= 4 is 17.2 Å². The molecule has 2 aromatic rings. The maximum absolute atomic E-state index is 12.0. The minimum absolute atomic E-state index is 0.0477. The number of para-hydroxylation sites is 1. The number of fused-ring (bicyclic) bond motifs is 1. The number of benzene rings is 2. The highest BCUT2D eigenvalue weighted by molar-refractivity contribution is 5.97. The van der Waals surface area contributed by atoms with Crippen LogP contribution >= 0.6 is 0 Å². The van der Waals surface area contributed by atoms with Crippen LogP contribution in [0.2, 0.25) is 0 Å². The maximum Gasteiger partial charge on any atom is 0.165 e. The normalized spacial score (nSPS) is 14.1. The molecule has 0 bridgehead atoms. The molecule has 0 aromatic heterocycles. The highest BCUT2D eigenvalue weighted by Gasteiger charge is 2.18. The van der Waals surface area contributed by atoms with E-state index in [-0.39, 0.29) is 11.7 Å². The van der Waals surface area contributed by atoms with Crippen LogP contribution in [0.5, 0.6) is 0 Å². The second-order valence-corrected chi connectivity index (χ2v) is 5.95. The molecular weight excluding hydrogens is 258 g/mol. The van der Waals surface area contributed by atoms with Gasteiger partial charge in [0, 0.05) is 29.4 Å². The van der Waals surface area contributed by atoms with E-state index in [2.05, 4.69) is 41.3 Å². The number of carbonyl (C=O) groups is 1. The molecule has 0 unspecified atom stereocenters. The van der Waals surface area contributed by atoms with Crippen molar-refractivity contribution in [3.8, 4) is 0 Å². The Morgan fingerprint density at radius 3 is 2.48 bits per heavy atom. The lowest BCUT2D eigenvalue weighted by Gasteiger charge is -2.31. The second-order valence-electron chi connectivity index (χ2n) is 5.95. The fraction of sp³-hybridized carbons (Fsp3) is 0.316. The molecule has 0 atom stereocenters. The zero-order chi connectivity index (χ0) is 14.8. The topological polar surface area (TPSA) is 20.3 Å². The Bertz CT molecular complexity index is 643. The number of anilines is 2. The quantitative estimate of drug-likeness (QED) is 0.765. The molecule has 0 aliphatic carbocycles. The van der Waals surface area contributed by atoms with Crippen LogP contribution in [-0.2, 0) is 6.42 Å². The molecule has 0 saturated heterocycles. The van der Waals surface area contributed by atoms with E-state index in [1.807, 2.05) is 26.0 Å². The first-order valence-corrected chi connectivity index (χ1v) is 7.66. The Morgan fingerprint density at radius 2 is 1.76 bits per heavy atom. The molecule has 2 nitrogen and oxygen atoms in total. The Kier molecular flexibility index (Phi) is 3.78. The third kappa shape index (κ3) is 2.71. The van der Waals surface area contributed by atoms with Gasteiger partial charge in [0.2, 0.25) is 0 Å². The van der Waals surface area contributed by atoms with E-state index in [9.17, 15) is 4.79 Å². The van der Waals surface area contributed by atoms with Gasteiger partial charge in [-0.1, -0.05) is 32.0 Å². The van der Waals surface area contributed by atoms with Crippen LogP contribution < -0.4 is 4.90 Å². The van der Waals surface area contributed by atoms with E-state index < -0.39 is 0 Å². The first-order chi connectivity index (χ1) is 10.2. The molecule has 0 N–H and O–H groups in total. The average molecular weight is 279 g/mol. The van der Waals surface area contributed by atoms with E-state index in [1.54, 1.807) is 0 Å². The van der Waals surface area contributed by atoms with Crippen LogP contribution in [0.25, 0.3) is 0 Å². The monoisotopic (exact) mass is 279 g/mol. The van der Waals surface area contributed by atoms with E-state index >= 15 is 0 Å². The largest absolute Gasteiger partial charge is 0.341 e. The minimum atomic E-state index is 0.0477. The molecule has 0 spiro atoms. The highest BCUT2D eigenvalue weighted by atomic mass is 16.1. The minimum Gasteiger partial charge on any atom is -0.341 e. The van der Waals surface area contributed by atoms with Crippen LogP contribution in [0.15, 0.2) is 48.5 Å². The van der Waals surface area contributed by atoms with Crippen molar-refractivity contribution in [2.45, 2.75) is 26.7 Å². The number of hydrogen-bond donors (Lipinski definition) is 0. The summed E-state index contributed by atoms with van der Waals surface area (Å²) >= 11 is 0. The molecule has 0 amide bonds. The number of Topliss-reactive ketones (excluding diaryl/α,β-unsaturated/α-hetero) is 1. The van der Waals surface area contributed by atoms with Crippen LogP contribution in [0, 0.1) is 5.92 Å². The lowest BCUT2D eigenvalue weighted by Crippen LogP contribution is -2.24. The number of ketones is 1. The molecule has 1 aliphatic rings. The summed E-state index contributed by atoms with van der Waals surface area (Å²) in [4.78, 5) is 14.4. The number of aryl methyl sites for hydroxylation is 1. The van der Waals surface area contributed by atoms with Crippen LogP contribution in [0.4, 0.5) is 11.4 Å². The summed E-state index contributed by atoms with van der Waals surface area (Å²) in [5, 5.41) is 0. The Balaban J connectivity index is 1.90. The van der Waals surface area contributed by atoms with Crippen LogP contribution in [0.3, 0.4) is 0 Å². The van der Waals surface area contributed by atoms with E-state index in [4.69, 9.17) is 0 Å². The predicted octanol–water partition coefficient (Wildman–Crippen LogP) is 4.61. The van der Waals surface area contributed by atoms with Gasteiger partial charge in [-0.3, -0.25) is 4.79 Å². The molecule has 0 saturated carbocycles. The zero-order valence-electron chi connectivity index (χ0n) is 12.7. The van der Waals surface area contributed by atoms with E-state index in [0.717, 1.165) is 18.5 Å². The van der Waals surface area contributed by atoms with Crippen molar-refractivity contribution in [3.63, 3.8) is 0 Å². The van der Waals surface area contributed by atoms with Gasteiger partial charge in [-0.05, 0) is 48.7 Å². The van der Waals surface area contributed by atoms with Crippen LogP contribution in [-0.4, -0.2) is 12.3 Å². The molecule has 3 rings (SSSR count). The number of rotatable bonds is 3. The Hall–Kier alpha value is -2.09. The van der Waals surface area contributed by atoms with Gasteiger partial charge in [0.15, 0.2) is 5.78 Å². The number of hydrogen-bond acceptors (Lipinski definition) is 2. The third-order valence-electron chi connectivity index (χ3n) is 4.10. The van der Waals surface area contributed by atoms with Gasteiger partial charge in [-0.15, -0.1) is 0 Å². The van der Waals surface area contributed by atoms with Gasteiger partial charge < -0.3 is 4.90 Å². The van der Waals surface area contributed by atoms with Crippen molar-refractivity contribution in [1.29, 1.82) is 0 Å². The Morgan fingerprint density at radius 1 is 1.05 bits per heavy atom. The van der Waals surface area contributed by atoms with E-state index in [1.165, 1.54) is 23.4 Å². The molecule has 2 aromatic carbocycles. The number of carbonyl (C=O) groups excluding carboxylic acids is 1. The first kappa shape index (κ1) is 13.9. The second kappa shape index (κ2) is 5.72. The molecule has 0 fully saturated rings. The summed E-state index contributed by atoms with van der Waals surface area (Å²) in [5.74, 6) is 0.257. The summed E-state index contributed by atoms with van der Waals surface area (Å²) in [7, 11) is 0. The van der Waals surface area contributed by atoms with Gasteiger partial charge >= 0.3 is 0 Å². The van der Waals surface area contributed by atoms with Gasteiger partial charge in [0.25, 0.3) is 0 Å². The third-order valence-corrected chi connectivity index (χ3v) is 4.10. The summed E-state index contributed by atoms with van der Waals surface area (Å²) in [6, 6.07) is 16.6. The highest BCUT2D eigenvalue weighted by Crippen LogP contribution is 2.33. The van der Waals surface area contributed by atoms with Crippen molar-refractivity contribution in [3.05, 3.63) is 59.7 Å². The predicted molar refractivity (Wildman–Crippen MR) is 87.4 cm³/mol. The smallest absolute Gasteiger partial charge is 0.165 e. The summed E-state index contributed by atoms with van der Waals surface area (Å²) < 4.78 is 0. The lowest BCUT2D eigenvalue weighted by atomic mass is 9.99. The SMILES string of the molecule is CC(C)C(=O)c1ccc(N2CCCc3ccccc32)cc1. The van der Waals surface area contributed by atoms with Crippen molar-refractivity contribution in [2.24, 2.45) is 5.92 Å². The van der Waals surface area contributed by atoms with Gasteiger partial charge in [0.1, 0.15) is 0 Å². The summed E-state index contributed by atoms with van der Waals surface area (Å²) in [5.41, 5.74) is 4.68. The zero-order valence-corrected chi connectivity index (χ0v) is 12.7. The molecule has 108 valence electrons. The van der Waals surface area contributed by atoms with Gasteiger partial charge in [-0.25, -0.2) is 0 Å². The van der Waals surface area contributed by atoms with Crippen LogP contribution in [0.1, 0.15) is 36.2 Å². The van der Waals surface area contributed by atoms with Crippen molar-refractivity contribution in [1.82, 2.24) is 0 Å². The maximum atomic E-state index is 12.0. The summed E-state index contributed by atoms with van der Waals surface area (Å²) in [6.07, 6.45) is 2.32. The Labute approximate surface area is 126 Å². The fourth-order valence-corrected chi connectivity index (χ4v) is 2.94. The molecular formula is C19H21NO. The average Bonchev–Trinajstić information content (AvgIpc) is 2.53.